The van der Waals surface area contributed by atoms with Crippen LogP contribution in [-0.2, 0) is 14.3 Å². The van der Waals surface area contributed by atoms with Crippen LogP contribution in [0.4, 0.5) is 15.8 Å². The lowest BCUT2D eigenvalue weighted by molar-refractivity contribution is -0.384. The highest BCUT2D eigenvalue weighted by atomic mass is 19.1. The monoisotopic (exact) mass is 429 g/mol. The van der Waals surface area contributed by atoms with E-state index in [1.54, 1.807) is 24.3 Å². The molecule has 0 radical (unpaired) electrons. The predicted molar refractivity (Wildman–Crippen MR) is 104 cm³/mol. The first-order valence-electron chi connectivity index (χ1n) is 9.12. The number of esters is 1. The molecule has 0 bridgehead atoms. The fraction of sp³-hybridized carbons (Fsp3) is 0.200. The van der Waals surface area contributed by atoms with Crippen molar-refractivity contribution in [3.8, 4) is 0 Å². The van der Waals surface area contributed by atoms with E-state index in [9.17, 15) is 33.7 Å². The Hall–Kier alpha value is -4.15. The fourth-order valence-electron chi connectivity index (χ4n) is 2.95. The van der Waals surface area contributed by atoms with Gasteiger partial charge < -0.3 is 10.1 Å². The molecule has 1 N–H and O–H groups in total. The van der Waals surface area contributed by atoms with Gasteiger partial charge in [0.05, 0.1) is 21.7 Å². The van der Waals surface area contributed by atoms with Crippen LogP contribution >= 0.6 is 0 Å². The van der Waals surface area contributed by atoms with Crippen molar-refractivity contribution in [2.75, 3.05) is 18.5 Å². The molecule has 3 rings (SSSR count). The minimum Gasteiger partial charge on any atom is -0.456 e. The Bertz CT molecular complexity index is 1050. The van der Waals surface area contributed by atoms with Gasteiger partial charge in [0.1, 0.15) is 5.82 Å². The number of benzene rings is 2. The molecular formula is C20H16FN3O7. The number of amides is 3. The number of non-ortho nitro benzene ring substituents is 1. The fourth-order valence-corrected chi connectivity index (χ4v) is 2.95. The van der Waals surface area contributed by atoms with Crippen molar-refractivity contribution in [2.45, 2.75) is 12.8 Å². The number of nitro groups is 1. The second-order valence-corrected chi connectivity index (χ2v) is 6.54. The molecular weight excluding hydrogens is 413 g/mol. The lowest BCUT2D eigenvalue weighted by Gasteiger charge is -2.13. The number of imide groups is 1. The van der Waals surface area contributed by atoms with Gasteiger partial charge in [0, 0.05) is 25.1 Å². The van der Waals surface area contributed by atoms with E-state index in [2.05, 4.69) is 5.32 Å². The lowest BCUT2D eigenvalue weighted by atomic mass is 10.1. The maximum atomic E-state index is 13.7. The summed E-state index contributed by atoms with van der Waals surface area (Å²) in [5.74, 6) is -3.40. The van der Waals surface area contributed by atoms with Gasteiger partial charge in [0.25, 0.3) is 23.4 Å². The molecule has 2 aromatic rings. The summed E-state index contributed by atoms with van der Waals surface area (Å²) in [5.41, 5.74) is -0.219. The number of anilines is 1. The molecule has 10 nitrogen and oxygen atoms in total. The predicted octanol–water partition coefficient (Wildman–Crippen LogP) is 2.29. The van der Waals surface area contributed by atoms with Gasteiger partial charge in [-0.25, -0.2) is 4.39 Å². The molecule has 0 fully saturated rings. The molecule has 0 spiro atoms. The first-order valence-corrected chi connectivity index (χ1v) is 9.12. The van der Waals surface area contributed by atoms with Gasteiger partial charge in [-0.05, 0) is 24.6 Å². The van der Waals surface area contributed by atoms with Gasteiger partial charge in [-0.1, -0.05) is 12.1 Å². The number of rotatable bonds is 8. The van der Waals surface area contributed by atoms with E-state index >= 15 is 0 Å². The van der Waals surface area contributed by atoms with Crippen molar-refractivity contribution >= 4 is 35.1 Å². The number of carbonyl (C=O) groups is 4. The molecule has 0 saturated heterocycles. The van der Waals surface area contributed by atoms with Gasteiger partial charge in [0.2, 0.25) is 0 Å². The number of carbonyl (C=O) groups excluding carboxylic acids is 4. The van der Waals surface area contributed by atoms with Crippen molar-refractivity contribution in [1.82, 2.24) is 4.90 Å². The van der Waals surface area contributed by atoms with Crippen LogP contribution in [0, 0.1) is 15.9 Å². The highest BCUT2D eigenvalue weighted by molar-refractivity contribution is 6.21. The largest absolute Gasteiger partial charge is 0.456 e. The van der Waals surface area contributed by atoms with Crippen LogP contribution < -0.4 is 5.32 Å². The smallest absolute Gasteiger partial charge is 0.306 e. The Morgan fingerprint density at radius 2 is 1.74 bits per heavy atom. The minimum atomic E-state index is -0.883. The number of ether oxygens (including phenoxy) is 1. The molecule has 31 heavy (non-hydrogen) atoms. The maximum absolute atomic E-state index is 13.7. The van der Waals surface area contributed by atoms with E-state index < -0.39 is 52.4 Å². The van der Waals surface area contributed by atoms with Gasteiger partial charge in [0.15, 0.2) is 6.61 Å². The topological polar surface area (TPSA) is 136 Å². The molecule has 1 aliphatic heterocycles. The maximum Gasteiger partial charge on any atom is 0.306 e. The second kappa shape index (κ2) is 9.11. The van der Waals surface area contributed by atoms with Crippen LogP contribution in [0.5, 0.6) is 0 Å². The van der Waals surface area contributed by atoms with Crippen LogP contribution in [0.2, 0.25) is 0 Å². The van der Waals surface area contributed by atoms with Crippen LogP contribution in [0.15, 0.2) is 42.5 Å². The van der Waals surface area contributed by atoms with E-state index in [1.165, 1.54) is 0 Å². The van der Waals surface area contributed by atoms with Gasteiger partial charge in [-0.2, -0.15) is 0 Å². The van der Waals surface area contributed by atoms with E-state index in [-0.39, 0.29) is 19.4 Å². The molecule has 1 heterocycles. The van der Waals surface area contributed by atoms with Crippen LogP contribution in [0.25, 0.3) is 0 Å². The van der Waals surface area contributed by atoms with E-state index in [0.29, 0.717) is 11.1 Å². The lowest BCUT2D eigenvalue weighted by Crippen LogP contribution is -2.31. The zero-order chi connectivity index (χ0) is 22.5. The Morgan fingerprint density at radius 1 is 1.10 bits per heavy atom. The minimum absolute atomic E-state index is 0.00649. The third kappa shape index (κ3) is 4.89. The molecule has 0 atom stereocenters. The molecule has 0 aliphatic carbocycles. The first kappa shape index (κ1) is 21.6. The highest BCUT2D eigenvalue weighted by Crippen LogP contribution is 2.23. The summed E-state index contributed by atoms with van der Waals surface area (Å²) in [6, 6.07) is 9.01. The zero-order valence-electron chi connectivity index (χ0n) is 16.0. The molecule has 0 aromatic heterocycles. The van der Waals surface area contributed by atoms with Gasteiger partial charge in [-0.15, -0.1) is 0 Å². The van der Waals surface area contributed by atoms with Crippen LogP contribution in [-0.4, -0.2) is 46.7 Å². The number of hydrogen-bond donors (Lipinski definition) is 1. The van der Waals surface area contributed by atoms with Crippen molar-refractivity contribution in [3.63, 3.8) is 0 Å². The summed E-state index contributed by atoms with van der Waals surface area (Å²) in [5, 5.41) is 12.8. The third-order valence-corrected chi connectivity index (χ3v) is 4.44. The standard InChI is InChI=1S/C20H16FN3O7/c21-15-8-7-12(24(29)30)10-16(15)22-17(25)11-31-18(26)6-3-9-23-19(27)13-4-1-2-5-14(13)20(23)28/h1-2,4-5,7-8,10H,3,6,9,11H2,(H,22,25). The number of fused-ring (bicyclic) bond motifs is 1. The Morgan fingerprint density at radius 3 is 2.35 bits per heavy atom. The molecule has 0 unspecified atom stereocenters. The number of halogens is 1. The van der Waals surface area contributed by atoms with Gasteiger partial charge >= 0.3 is 5.97 Å². The molecule has 2 aromatic carbocycles. The first-order chi connectivity index (χ1) is 14.8. The molecule has 11 heteroatoms. The molecule has 1 aliphatic rings. The number of nitrogens with one attached hydrogen (secondary N) is 1. The quantitative estimate of drug-likeness (QED) is 0.294. The molecule has 3 amide bonds. The number of hydrogen-bond acceptors (Lipinski definition) is 7. The normalized spacial score (nSPS) is 12.5. The Kier molecular flexibility index (Phi) is 6.34. The average Bonchev–Trinajstić information content (AvgIpc) is 2.99. The van der Waals surface area contributed by atoms with E-state index in [0.717, 1.165) is 23.1 Å². The summed E-state index contributed by atoms with van der Waals surface area (Å²) in [7, 11) is 0. The summed E-state index contributed by atoms with van der Waals surface area (Å²) < 4.78 is 18.4. The van der Waals surface area contributed by atoms with Gasteiger partial charge in [-0.3, -0.25) is 34.2 Å². The summed E-state index contributed by atoms with van der Waals surface area (Å²) >= 11 is 0. The highest BCUT2D eigenvalue weighted by Gasteiger charge is 2.34. The molecule has 160 valence electrons. The number of nitro benzene ring substituents is 1. The average molecular weight is 429 g/mol. The Balaban J connectivity index is 1.43. The van der Waals surface area contributed by atoms with Crippen molar-refractivity contribution in [2.24, 2.45) is 0 Å². The SMILES string of the molecule is O=C(COC(=O)CCCN1C(=O)c2ccccc2C1=O)Nc1cc([N+](=O)[O-])ccc1F. The Labute approximate surface area is 174 Å². The van der Waals surface area contributed by atoms with E-state index in [1.807, 2.05) is 0 Å². The van der Waals surface area contributed by atoms with Crippen LogP contribution in [0.1, 0.15) is 33.6 Å². The summed E-state index contributed by atoms with van der Waals surface area (Å²) in [6.07, 6.45) is -0.0305. The summed E-state index contributed by atoms with van der Waals surface area (Å²) in [6.45, 7) is -0.722. The summed E-state index contributed by atoms with van der Waals surface area (Å²) in [4.78, 5) is 59.1. The van der Waals surface area contributed by atoms with Crippen molar-refractivity contribution in [1.29, 1.82) is 0 Å². The second-order valence-electron chi connectivity index (χ2n) is 6.54. The zero-order valence-corrected chi connectivity index (χ0v) is 16.0. The van der Waals surface area contributed by atoms with Crippen LogP contribution in [0.3, 0.4) is 0 Å². The van der Waals surface area contributed by atoms with Crippen molar-refractivity contribution < 1.29 is 33.2 Å². The van der Waals surface area contributed by atoms with Crippen molar-refractivity contribution in [3.05, 3.63) is 69.5 Å². The number of nitrogens with zero attached hydrogens (tertiary/aromatic N) is 2. The third-order valence-electron chi connectivity index (χ3n) is 4.44. The molecule has 0 saturated carbocycles. The van der Waals surface area contributed by atoms with E-state index in [4.69, 9.17) is 4.74 Å².